The molecule has 0 radical (unpaired) electrons. The van der Waals surface area contributed by atoms with E-state index in [-0.39, 0.29) is 0 Å². The number of carboxylic acids is 1. The summed E-state index contributed by atoms with van der Waals surface area (Å²) in [6.45, 7) is 2.79. The number of aliphatic carboxylic acids is 1. The Hall–Kier alpha value is -1.35. The van der Waals surface area contributed by atoms with Crippen LogP contribution in [0.3, 0.4) is 0 Å². The number of fused-ring (bicyclic) bond motifs is 1. The third-order valence-electron chi connectivity index (χ3n) is 2.94. The highest BCUT2D eigenvalue weighted by Crippen LogP contribution is 2.18. The number of carboxylic acid groups (broad SMARTS) is 1. The van der Waals surface area contributed by atoms with Crippen LogP contribution < -0.4 is 5.32 Å². The van der Waals surface area contributed by atoms with E-state index in [1.165, 1.54) is 16.7 Å². The van der Waals surface area contributed by atoms with Crippen LogP contribution in [-0.4, -0.2) is 17.1 Å². The highest BCUT2D eigenvalue weighted by Gasteiger charge is 2.23. The summed E-state index contributed by atoms with van der Waals surface area (Å²) in [4.78, 5) is 10.8. The minimum absolute atomic E-state index is 0.426. The van der Waals surface area contributed by atoms with E-state index in [9.17, 15) is 4.79 Å². The van der Waals surface area contributed by atoms with Crippen LogP contribution >= 0.6 is 0 Å². The van der Waals surface area contributed by atoms with Crippen molar-refractivity contribution in [2.45, 2.75) is 32.4 Å². The molecule has 2 N–H and O–H groups in total. The van der Waals surface area contributed by atoms with Crippen molar-refractivity contribution in [2.24, 2.45) is 0 Å². The molecule has 1 heterocycles. The second-order valence-electron chi connectivity index (χ2n) is 3.93. The van der Waals surface area contributed by atoms with Crippen LogP contribution in [0.5, 0.6) is 0 Å². The van der Waals surface area contributed by atoms with Crippen molar-refractivity contribution in [2.75, 3.05) is 0 Å². The van der Waals surface area contributed by atoms with Gasteiger partial charge in [-0.15, -0.1) is 0 Å². The van der Waals surface area contributed by atoms with Crippen molar-refractivity contribution in [1.29, 1.82) is 0 Å². The molecule has 0 aromatic heterocycles. The molecule has 1 unspecified atom stereocenters. The van der Waals surface area contributed by atoms with E-state index in [2.05, 4.69) is 30.4 Å². The molecule has 0 fully saturated rings. The van der Waals surface area contributed by atoms with Gasteiger partial charge in [0.1, 0.15) is 6.04 Å². The minimum atomic E-state index is -0.764. The topological polar surface area (TPSA) is 49.3 Å². The number of hydrogen-bond donors (Lipinski definition) is 2. The van der Waals surface area contributed by atoms with Gasteiger partial charge in [-0.25, -0.2) is 0 Å². The first-order valence-corrected chi connectivity index (χ1v) is 5.27. The Bertz CT molecular complexity index is 387. The van der Waals surface area contributed by atoms with E-state index in [1.807, 2.05) is 0 Å². The third kappa shape index (κ3) is 2.02. The predicted molar refractivity (Wildman–Crippen MR) is 57.8 cm³/mol. The average Bonchev–Trinajstić information content (AvgIpc) is 2.27. The maximum atomic E-state index is 10.8. The van der Waals surface area contributed by atoms with Crippen molar-refractivity contribution in [3.8, 4) is 0 Å². The number of rotatable bonds is 2. The predicted octanol–water partition coefficient (Wildman–Crippen LogP) is 1.35. The quantitative estimate of drug-likeness (QED) is 0.766. The summed E-state index contributed by atoms with van der Waals surface area (Å²) in [5, 5.41) is 11.9. The van der Waals surface area contributed by atoms with Gasteiger partial charge in [0, 0.05) is 6.54 Å². The van der Waals surface area contributed by atoms with E-state index < -0.39 is 12.0 Å². The molecule has 15 heavy (non-hydrogen) atoms. The van der Waals surface area contributed by atoms with Gasteiger partial charge in [-0.2, -0.15) is 0 Å². The second-order valence-corrected chi connectivity index (χ2v) is 3.93. The zero-order chi connectivity index (χ0) is 10.8. The van der Waals surface area contributed by atoms with Gasteiger partial charge in [0.2, 0.25) is 0 Å². The van der Waals surface area contributed by atoms with E-state index in [0.717, 1.165) is 6.42 Å². The molecule has 0 saturated carbocycles. The normalized spacial score (nSPS) is 19.7. The Balaban J connectivity index is 2.24. The van der Waals surface area contributed by atoms with Gasteiger partial charge in [-0.05, 0) is 29.5 Å². The number of carbonyl (C=O) groups is 1. The Morgan fingerprint density at radius 1 is 1.53 bits per heavy atom. The first-order valence-electron chi connectivity index (χ1n) is 5.27. The van der Waals surface area contributed by atoms with Gasteiger partial charge in [-0.1, -0.05) is 25.1 Å². The molecule has 1 atom stereocenters. The van der Waals surface area contributed by atoms with Crippen molar-refractivity contribution >= 4 is 5.97 Å². The molecule has 0 saturated heterocycles. The van der Waals surface area contributed by atoms with Gasteiger partial charge < -0.3 is 10.4 Å². The maximum Gasteiger partial charge on any atom is 0.321 e. The monoisotopic (exact) mass is 205 g/mol. The molecule has 3 heteroatoms. The molecule has 0 bridgehead atoms. The summed E-state index contributed by atoms with van der Waals surface area (Å²) in [6.07, 6.45) is 1.62. The largest absolute Gasteiger partial charge is 0.480 e. The van der Waals surface area contributed by atoms with Crippen molar-refractivity contribution in [3.05, 3.63) is 34.9 Å². The summed E-state index contributed by atoms with van der Waals surface area (Å²) >= 11 is 0. The molecular weight excluding hydrogens is 190 g/mol. The highest BCUT2D eigenvalue weighted by molar-refractivity contribution is 5.74. The van der Waals surface area contributed by atoms with Crippen LogP contribution in [0.1, 0.15) is 23.6 Å². The van der Waals surface area contributed by atoms with Gasteiger partial charge in [0.05, 0.1) is 0 Å². The first-order chi connectivity index (χ1) is 7.20. The van der Waals surface area contributed by atoms with Gasteiger partial charge in [-0.3, -0.25) is 4.79 Å². The fourth-order valence-electron chi connectivity index (χ4n) is 1.96. The second kappa shape index (κ2) is 4.03. The Kier molecular flexibility index (Phi) is 2.73. The summed E-state index contributed by atoms with van der Waals surface area (Å²) < 4.78 is 0. The molecule has 2 rings (SSSR count). The lowest BCUT2D eigenvalue weighted by Crippen LogP contribution is -2.41. The van der Waals surface area contributed by atoms with Crippen LogP contribution in [0.15, 0.2) is 18.2 Å². The lowest BCUT2D eigenvalue weighted by Gasteiger charge is -2.23. The average molecular weight is 205 g/mol. The third-order valence-corrected chi connectivity index (χ3v) is 2.94. The Morgan fingerprint density at radius 2 is 2.33 bits per heavy atom. The van der Waals surface area contributed by atoms with E-state index in [4.69, 9.17) is 5.11 Å². The highest BCUT2D eigenvalue weighted by atomic mass is 16.4. The molecule has 1 aliphatic rings. The van der Waals surface area contributed by atoms with Crippen molar-refractivity contribution in [3.63, 3.8) is 0 Å². The SMILES string of the molecule is CCc1ccc2c(c1)CNC(C(=O)O)C2. The molecule has 80 valence electrons. The molecule has 1 aliphatic heterocycles. The zero-order valence-corrected chi connectivity index (χ0v) is 8.79. The minimum Gasteiger partial charge on any atom is -0.480 e. The lowest BCUT2D eigenvalue weighted by molar-refractivity contribution is -0.139. The van der Waals surface area contributed by atoms with Gasteiger partial charge in [0.25, 0.3) is 0 Å². The lowest BCUT2D eigenvalue weighted by atomic mass is 9.94. The summed E-state index contributed by atoms with van der Waals surface area (Å²) in [5.74, 6) is -0.764. The molecule has 0 aliphatic carbocycles. The van der Waals surface area contributed by atoms with Crippen molar-refractivity contribution < 1.29 is 9.90 Å². The Labute approximate surface area is 89.1 Å². The first kappa shape index (κ1) is 10.2. The fraction of sp³-hybridized carbons (Fsp3) is 0.417. The Morgan fingerprint density at radius 3 is 3.00 bits per heavy atom. The summed E-state index contributed by atoms with van der Waals surface area (Å²) in [7, 11) is 0. The standard InChI is InChI=1S/C12H15NO2/c1-2-8-3-4-9-6-11(12(14)15)13-7-10(9)5-8/h3-5,11,13H,2,6-7H2,1H3,(H,14,15). The van der Waals surface area contributed by atoms with E-state index >= 15 is 0 Å². The molecule has 0 spiro atoms. The van der Waals surface area contributed by atoms with E-state index in [1.54, 1.807) is 0 Å². The molecular formula is C12H15NO2. The number of aryl methyl sites for hydroxylation is 1. The molecule has 1 aromatic rings. The van der Waals surface area contributed by atoms with Gasteiger partial charge in [0.15, 0.2) is 0 Å². The van der Waals surface area contributed by atoms with E-state index in [0.29, 0.717) is 13.0 Å². The molecule has 3 nitrogen and oxygen atoms in total. The van der Waals surface area contributed by atoms with Crippen LogP contribution in [0.4, 0.5) is 0 Å². The fourth-order valence-corrected chi connectivity index (χ4v) is 1.96. The summed E-state index contributed by atoms with van der Waals surface area (Å²) in [6, 6.07) is 5.89. The van der Waals surface area contributed by atoms with Crippen LogP contribution in [0, 0.1) is 0 Å². The number of nitrogens with one attached hydrogen (secondary N) is 1. The number of hydrogen-bond acceptors (Lipinski definition) is 2. The van der Waals surface area contributed by atoms with Crippen LogP contribution in [-0.2, 0) is 24.2 Å². The van der Waals surface area contributed by atoms with Crippen LogP contribution in [0.25, 0.3) is 0 Å². The van der Waals surface area contributed by atoms with Crippen molar-refractivity contribution in [1.82, 2.24) is 5.32 Å². The smallest absolute Gasteiger partial charge is 0.321 e. The maximum absolute atomic E-state index is 10.8. The number of benzene rings is 1. The molecule has 0 amide bonds. The zero-order valence-electron chi connectivity index (χ0n) is 8.79. The van der Waals surface area contributed by atoms with Gasteiger partial charge >= 0.3 is 5.97 Å². The summed E-state index contributed by atoms with van der Waals surface area (Å²) in [5.41, 5.74) is 3.72. The van der Waals surface area contributed by atoms with Crippen LogP contribution in [0.2, 0.25) is 0 Å². The molecule has 1 aromatic carbocycles.